The number of hydrogen-bond donors (Lipinski definition) is 0. The van der Waals surface area contributed by atoms with E-state index in [2.05, 4.69) is 10.2 Å². The van der Waals surface area contributed by atoms with E-state index in [-0.39, 0.29) is 11.7 Å². The van der Waals surface area contributed by atoms with Crippen LogP contribution in [-0.2, 0) is 17.9 Å². The van der Waals surface area contributed by atoms with Gasteiger partial charge in [0.1, 0.15) is 11.5 Å². The maximum absolute atomic E-state index is 12.7. The van der Waals surface area contributed by atoms with Crippen LogP contribution in [-0.4, -0.2) is 45.5 Å². The molecule has 0 N–H and O–H groups in total. The Morgan fingerprint density at radius 2 is 2.12 bits per heavy atom. The average molecular weight is 489 g/mol. The van der Waals surface area contributed by atoms with Gasteiger partial charge in [-0.05, 0) is 36.4 Å². The van der Waals surface area contributed by atoms with Crippen molar-refractivity contribution in [3.8, 4) is 17.1 Å². The molecule has 0 saturated heterocycles. The fraction of sp³-hybridized carbons (Fsp3) is 0.227. The standard InChI is InChI=1S/C22H21ClN4O3S2/c1-26(13-18-8-9-19(23)32-18)20(28)14-31-22-25-24-21(15-5-3-6-16(11-15)29-2)27(22)12-17-7-4-10-30-17/h3-11H,12-14H2,1-2H3. The molecule has 0 aliphatic heterocycles. The molecule has 0 aliphatic rings. The first-order valence-corrected chi connectivity index (χ1v) is 11.9. The third kappa shape index (κ3) is 5.35. The third-order valence-electron chi connectivity index (χ3n) is 4.71. The number of carbonyl (C=O) groups excluding carboxylic acids is 1. The van der Waals surface area contributed by atoms with Crippen molar-refractivity contribution in [2.24, 2.45) is 0 Å². The number of benzene rings is 1. The highest BCUT2D eigenvalue weighted by atomic mass is 35.5. The molecule has 0 atom stereocenters. The number of furan rings is 1. The Kier molecular flexibility index (Phi) is 7.19. The number of thioether (sulfide) groups is 1. The first kappa shape index (κ1) is 22.4. The molecule has 0 saturated carbocycles. The number of halogens is 1. The van der Waals surface area contributed by atoms with Gasteiger partial charge in [-0.25, -0.2) is 0 Å². The predicted molar refractivity (Wildman–Crippen MR) is 126 cm³/mol. The Morgan fingerprint density at radius 1 is 1.25 bits per heavy atom. The van der Waals surface area contributed by atoms with Gasteiger partial charge < -0.3 is 14.1 Å². The summed E-state index contributed by atoms with van der Waals surface area (Å²) in [6.07, 6.45) is 1.63. The van der Waals surface area contributed by atoms with Crippen molar-refractivity contribution in [3.05, 3.63) is 69.8 Å². The number of methoxy groups -OCH3 is 1. The molecule has 0 fully saturated rings. The summed E-state index contributed by atoms with van der Waals surface area (Å²) < 4.78 is 13.5. The summed E-state index contributed by atoms with van der Waals surface area (Å²) in [5.74, 6) is 2.42. The zero-order valence-electron chi connectivity index (χ0n) is 17.5. The first-order valence-electron chi connectivity index (χ1n) is 9.74. The molecule has 0 bridgehead atoms. The zero-order valence-corrected chi connectivity index (χ0v) is 19.9. The van der Waals surface area contributed by atoms with Crippen LogP contribution < -0.4 is 4.74 Å². The van der Waals surface area contributed by atoms with Crippen molar-refractivity contribution in [3.63, 3.8) is 0 Å². The maximum atomic E-state index is 12.7. The van der Waals surface area contributed by atoms with Crippen LogP contribution in [0.3, 0.4) is 0 Å². The lowest BCUT2D eigenvalue weighted by molar-refractivity contribution is -0.127. The number of amides is 1. The van der Waals surface area contributed by atoms with E-state index < -0.39 is 0 Å². The van der Waals surface area contributed by atoms with E-state index in [9.17, 15) is 4.79 Å². The minimum absolute atomic E-state index is 0.00463. The highest BCUT2D eigenvalue weighted by Crippen LogP contribution is 2.28. The number of carbonyl (C=O) groups is 1. The van der Waals surface area contributed by atoms with Gasteiger partial charge >= 0.3 is 0 Å². The lowest BCUT2D eigenvalue weighted by atomic mass is 10.2. The molecule has 1 amide bonds. The van der Waals surface area contributed by atoms with Gasteiger partial charge in [-0.15, -0.1) is 21.5 Å². The summed E-state index contributed by atoms with van der Waals surface area (Å²) in [6, 6.07) is 15.1. The Balaban J connectivity index is 1.52. The number of ether oxygens (including phenoxy) is 1. The van der Waals surface area contributed by atoms with Gasteiger partial charge in [-0.3, -0.25) is 9.36 Å². The van der Waals surface area contributed by atoms with Gasteiger partial charge in [0.25, 0.3) is 0 Å². The van der Waals surface area contributed by atoms with Crippen LogP contribution in [0.2, 0.25) is 4.34 Å². The molecule has 0 aliphatic carbocycles. The summed E-state index contributed by atoms with van der Waals surface area (Å²) in [7, 11) is 3.41. The smallest absolute Gasteiger partial charge is 0.233 e. The van der Waals surface area contributed by atoms with Crippen molar-refractivity contribution in [1.82, 2.24) is 19.7 Å². The molecule has 0 spiro atoms. The maximum Gasteiger partial charge on any atom is 0.233 e. The topological polar surface area (TPSA) is 73.4 Å². The number of nitrogens with zero attached hydrogens (tertiary/aromatic N) is 4. The van der Waals surface area contributed by atoms with Gasteiger partial charge in [-0.1, -0.05) is 35.5 Å². The van der Waals surface area contributed by atoms with Gasteiger partial charge in [0.2, 0.25) is 5.91 Å². The number of rotatable bonds is 9. The number of thiophene rings is 1. The first-order chi connectivity index (χ1) is 15.5. The quantitative estimate of drug-likeness (QED) is 0.306. The molecule has 4 rings (SSSR count). The van der Waals surface area contributed by atoms with Crippen molar-refractivity contribution < 1.29 is 13.9 Å². The van der Waals surface area contributed by atoms with Crippen LogP contribution in [0, 0.1) is 0 Å². The van der Waals surface area contributed by atoms with Crippen molar-refractivity contribution in [2.45, 2.75) is 18.2 Å². The Hall–Kier alpha value is -2.75. The number of hydrogen-bond acceptors (Lipinski definition) is 7. The largest absolute Gasteiger partial charge is 0.497 e. The van der Waals surface area contributed by atoms with Crippen LogP contribution in [0.4, 0.5) is 0 Å². The van der Waals surface area contributed by atoms with Crippen LogP contribution >= 0.6 is 34.7 Å². The van der Waals surface area contributed by atoms with Gasteiger partial charge in [0.15, 0.2) is 11.0 Å². The summed E-state index contributed by atoms with van der Waals surface area (Å²) >= 11 is 8.81. The van der Waals surface area contributed by atoms with Gasteiger partial charge in [-0.2, -0.15) is 0 Å². The SMILES string of the molecule is COc1cccc(-c2nnc(SCC(=O)N(C)Cc3ccc(Cl)s3)n2Cc2ccco2)c1. The summed E-state index contributed by atoms with van der Waals surface area (Å²) in [6.45, 7) is 0.970. The zero-order chi connectivity index (χ0) is 22.5. The van der Waals surface area contributed by atoms with E-state index in [1.165, 1.54) is 23.1 Å². The minimum atomic E-state index is -0.00463. The minimum Gasteiger partial charge on any atom is -0.497 e. The lowest BCUT2D eigenvalue weighted by Crippen LogP contribution is -2.27. The molecule has 0 unspecified atom stereocenters. The predicted octanol–water partition coefficient (Wildman–Crippen LogP) is 5.06. The van der Waals surface area contributed by atoms with Gasteiger partial charge in [0.05, 0.1) is 36.6 Å². The molecule has 3 aromatic heterocycles. The second-order valence-electron chi connectivity index (χ2n) is 6.95. The second kappa shape index (κ2) is 10.2. The molecule has 1 aromatic carbocycles. The normalized spacial score (nSPS) is 11.0. The van der Waals surface area contributed by atoms with Crippen LogP contribution in [0.15, 0.2) is 64.4 Å². The average Bonchev–Trinajstić information content (AvgIpc) is 3.55. The molecule has 3 heterocycles. The number of aromatic nitrogens is 3. The van der Waals surface area contributed by atoms with Crippen LogP contribution in [0.25, 0.3) is 11.4 Å². The fourth-order valence-corrected chi connectivity index (χ4v) is 5.09. The monoisotopic (exact) mass is 488 g/mol. The summed E-state index contributed by atoms with van der Waals surface area (Å²) in [4.78, 5) is 15.4. The Bertz CT molecular complexity index is 1190. The van der Waals surface area contributed by atoms with E-state index in [1.807, 2.05) is 53.1 Å². The lowest BCUT2D eigenvalue weighted by Gasteiger charge is -2.16. The van der Waals surface area contributed by atoms with E-state index in [4.69, 9.17) is 20.8 Å². The fourth-order valence-electron chi connectivity index (χ4n) is 3.07. The molecule has 166 valence electrons. The molecular weight excluding hydrogens is 468 g/mol. The molecule has 4 aromatic rings. The highest BCUT2D eigenvalue weighted by molar-refractivity contribution is 7.99. The Labute approximate surface area is 199 Å². The molecule has 0 radical (unpaired) electrons. The molecular formula is C22H21ClN4O3S2. The van der Waals surface area contributed by atoms with Crippen LogP contribution in [0.1, 0.15) is 10.6 Å². The van der Waals surface area contributed by atoms with Crippen molar-refractivity contribution >= 4 is 40.6 Å². The van der Waals surface area contributed by atoms with E-state index in [0.717, 1.165) is 22.0 Å². The van der Waals surface area contributed by atoms with Crippen molar-refractivity contribution in [1.29, 1.82) is 0 Å². The molecule has 10 heteroatoms. The highest BCUT2D eigenvalue weighted by Gasteiger charge is 2.19. The van der Waals surface area contributed by atoms with E-state index in [0.29, 0.717) is 28.4 Å². The van der Waals surface area contributed by atoms with Crippen molar-refractivity contribution in [2.75, 3.05) is 19.9 Å². The van der Waals surface area contributed by atoms with Gasteiger partial charge in [0, 0.05) is 17.5 Å². The molecule has 32 heavy (non-hydrogen) atoms. The molecule has 7 nitrogen and oxygen atoms in total. The summed E-state index contributed by atoms with van der Waals surface area (Å²) in [5, 5.41) is 9.39. The van der Waals surface area contributed by atoms with E-state index >= 15 is 0 Å². The third-order valence-corrected chi connectivity index (χ3v) is 6.88. The second-order valence-corrected chi connectivity index (χ2v) is 9.69. The van der Waals surface area contributed by atoms with E-state index in [1.54, 1.807) is 25.3 Å². The summed E-state index contributed by atoms with van der Waals surface area (Å²) in [5.41, 5.74) is 0.869. The Morgan fingerprint density at radius 3 is 2.84 bits per heavy atom. The van der Waals surface area contributed by atoms with Crippen LogP contribution in [0.5, 0.6) is 5.75 Å².